The molecule has 0 aliphatic rings. The Labute approximate surface area is 109 Å². The van der Waals surface area contributed by atoms with Gasteiger partial charge in [0.15, 0.2) is 0 Å². The molecule has 0 heterocycles. The van der Waals surface area contributed by atoms with Crippen LogP contribution in [0.1, 0.15) is 26.3 Å². The fourth-order valence-corrected chi connectivity index (χ4v) is 1.53. The summed E-state index contributed by atoms with van der Waals surface area (Å²) in [6, 6.07) is 7.20. The summed E-state index contributed by atoms with van der Waals surface area (Å²) in [5.74, 6) is 0.236. The van der Waals surface area contributed by atoms with Crippen LogP contribution in [0.25, 0.3) is 0 Å². The maximum absolute atomic E-state index is 9.89. The third kappa shape index (κ3) is 4.06. The van der Waals surface area contributed by atoms with Crippen LogP contribution in [-0.4, -0.2) is 10.8 Å². The summed E-state index contributed by atoms with van der Waals surface area (Å²) >= 11 is 0. The average Bonchev–Trinajstić information content (AvgIpc) is 2.28. The van der Waals surface area contributed by atoms with E-state index in [1.165, 1.54) is 0 Å². The van der Waals surface area contributed by atoms with Gasteiger partial charge in [-0.1, -0.05) is 30.4 Å². The van der Waals surface area contributed by atoms with Crippen LogP contribution in [0.4, 0.5) is 0 Å². The van der Waals surface area contributed by atoms with Crippen LogP contribution in [0.3, 0.4) is 0 Å². The number of hydrogen-bond donors (Lipinski definition) is 1. The van der Waals surface area contributed by atoms with Gasteiger partial charge in [0.2, 0.25) is 0 Å². The number of hydrogen-bond acceptors (Lipinski definition) is 2. The zero-order valence-electron chi connectivity index (χ0n) is 11.1. The number of allylic oxidation sites excluding steroid dienone is 5. The Morgan fingerprint density at radius 2 is 1.89 bits per heavy atom. The highest BCUT2D eigenvalue weighted by Crippen LogP contribution is 2.19. The maximum atomic E-state index is 9.89. The van der Waals surface area contributed by atoms with Gasteiger partial charge >= 0.3 is 0 Å². The van der Waals surface area contributed by atoms with Gasteiger partial charge in [0.05, 0.1) is 5.71 Å². The van der Waals surface area contributed by atoms with Crippen molar-refractivity contribution in [2.24, 2.45) is 4.99 Å². The molecule has 1 aromatic carbocycles. The lowest BCUT2D eigenvalue weighted by Crippen LogP contribution is -1.98. The summed E-state index contributed by atoms with van der Waals surface area (Å²) in [4.78, 5) is 4.51. The Morgan fingerprint density at radius 1 is 1.22 bits per heavy atom. The molecule has 1 N–H and O–H groups in total. The van der Waals surface area contributed by atoms with Crippen LogP contribution in [0, 0.1) is 0 Å². The van der Waals surface area contributed by atoms with E-state index < -0.39 is 0 Å². The van der Waals surface area contributed by atoms with E-state index >= 15 is 0 Å². The van der Waals surface area contributed by atoms with Crippen LogP contribution in [0.15, 0.2) is 65.3 Å². The van der Waals surface area contributed by atoms with Gasteiger partial charge < -0.3 is 5.11 Å². The molecule has 0 saturated carbocycles. The minimum atomic E-state index is 0.236. The second kappa shape index (κ2) is 6.60. The molecule has 0 aromatic heterocycles. The van der Waals surface area contributed by atoms with Gasteiger partial charge in [0.25, 0.3) is 0 Å². The second-order valence-electron chi connectivity index (χ2n) is 4.28. The van der Waals surface area contributed by atoms with Gasteiger partial charge in [-0.15, -0.1) is 0 Å². The minimum absolute atomic E-state index is 0.236. The van der Waals surface area contributed by atoms with E-state index in [9.17, 15) is 5.11 Å². The van der Waals surface area contributed by atoms with E-state index in [0.717, 1.165) is 22.5 Å². The van der Waals surface area contributed by atoms with E-state index in [1.807, 2.05) is 45.1 Å². The number of nitrogens with zero attached hydrogens (tertiary/aromatic N) is 1. The van der Waals surface area contributed by atoms with Crippen molar-refractivity contribution >= 4 is 5.71 Å². The number of phenolic OH excluding ortho intramolecular Hbond substituents is 1. The predicted octanol–water partition coefficient (Wildman–Crippen LogP) is 4.24. The highest BCUT2D eigenvalue weighted by Gasteiger charge is 2.05. The SMILES string of the molecule is C=CC=C(C)N=C(C=C(C)C)c1ccccc1O. The highest BCUT2D eigenvalue weighted by atomic mass is 16.3. The molecule has 0 amide bonds. The van der Waals surface area contributed by atoms with E-state index in [2.05, 4.69) is 11.6 Å². The summed E-state index contributed by atoms with van der Waals surface area (Å²) in [6.07, 6.45) is 5.48. The molecule has 2 heteroatoms. The minimum Gasteiger partial charge on any atom is -0.507 e. The first-order valence-electron chi connectivity index (χ1n) is 5.86. The van der Waals surface area contributed by atoms with Crippen molar-refractivity contribution in [3.05, 3.63) is 65.9 Å². The molecular weight excluding hydrogens is 222 g/mol. The van der Waals surface area contributed by atoms with Gasteiger partial charge in [-0.2, -0.15) is 0 Å². The number of aliphatic imine (C=N–C) groups is 1. The van der Waals surface area contributed by atoms with Gasteiger partial charge in [0, 0.05) is 11.3 Å². The lowest BCUT2D eigenvalue weighted by molar-refractivity contribution is 0.474. The third-order valence-corrected chi connectivity index (χ3v) is 2.26. The van der Waals surface area contributed by atoms with Gasteiger partial charge in [-0.25, -0.2) is 0 Å². The summed E-state index contributed by atoms with van der Waals surface area (Å²) in [6.45, 7) is 9.56. The lowest BCUT2D eigenvalue weighted by Gasteiger charge is -2.06. The van der Waals surface area contributed by atoms with Crippen LogP contribution in [0.5, 0.6) is 5.75 Å². The third-order valence-electron chi connectivity index (χ3n) is 2.26. The van der Waals surface area contributed by atoms with Crippen molar-refractivity contribution in [3.8, 4) is 5.75 Å². The Hall–Kier alpha value is -2.09. The van der Waals surface area contributed by atoms with E-state index in [-0.39, 0.29) is 5.75 Å². The fraction of sp³-hybridized carbons (Fsp3) is 0.188. The number of aromatic hydroxyl groups is 1. The second-order valence-corrected chi connectivity index (χ2v) is 4.28. The van der Waals surface area contributed by atoms with Crippen molar-refractivity contribution in [2.45, 2.75) is 20.8 Å². The Bertz CT molecular complexity index is 518. The van der Waals surface area contributed by atoms with Crippen LogP contribution in [0.2, 0.25) is 0 Å². The molecule has 0 aliphatic heterocycles. The van der Waals surface area contributed by atoms with E-state index in [1.54, 1.807) is 18.2 Å². The molecule has 0 atom stereocenters. The number of phenols is 1. The topological polar surface area (TPSA) is 32.6 Å². The first kappa shape index (κ1) is 14.0. The maximum Gasteiger partial charge on any atom is 0.124 e. The standard InChI is InChI=1S/C16H19NO/c1-5-8-13(4)17-15(11-12(2)3)14-9-6-7-10-16(14)18/h5-11,18H,1H2,2-4H3. The molecule has 0 bridgehead atoms. The molecular formula is C16H19NO. The summed E-state index contributed by atoms with van der Waals surface area (Å²) < 4.78 is 0. The zero-order valence-corrected chi connectivity index (χ0v) is 11.1. The molecule has 1 aromatic rings. The van der Waals surface area contributed by atoms with Gasteiger partial charge in [-0.3, -0.25) is 4.99 Å². The average molecular weight is 241 g/mol. The van der Waals surface area contributed by atoms with Crippen LogP contribution >= 0.6 is 0 Å². The van der Waals surface area contributed by atoms with E-state index in [4.69, 9.17) is 0 Å². The summed E-state index contributed by atoms with van der Waals surface area (Å²) in [5, 5.41) is 9.89. The van der Waals surface area contributed by atoms with Crippen molar-refractivity contribution in [3.63, 3.8) is 0 Å². The van der Waals surface area contributed by atoms with Crippen molar-refractivity contribution in [1.82, 2.24) is 0 Å². The molecule has 1 rings (SSSR count). The molecule has 94 valence electrons. The molecule has 0 unspecified atom stereocenters. The lowest BCUT2D eigenvalue weighted by atomic mass is 10.1. The largest absolute Gasteiger partial charge is 0.507 e. The molecule has 18 heavy (non-hydrogen) atoms. The summed E-state index contributed by atoms with van der Waals surface area (Å²) in [5.41, 5.74) is 3.46. The highest BCUT2D eigenvalue weighted by molar-refractivity contribution is 6.11. The van der Waals surface area contributed by atoms with Crippen LogP contribution in [-0.2, 0) is 0 Å². The van der Waals surface area contributed by atoms with Crippen molar-refractivity contribution in [1.29, 1.82) is 0 Å². The molecule has 2 nitrogen and oxygen atoms in total. The Balaban J connectivity index is 3.31. The first-order valence-corrected chi connectivity index (χ1v) is 5.86. The normalized spacial score (nSPS) is 12.2. The molecule has 0 spiro atoms. The number of benzene rings is 1. The quantitative estimate of drug-likeness (QED) is 0.620. The van der Waals surface area contributed by atoms with Crippen LogP contribution < -0.4 is 0 Å². The number of para-hydroxylation sites is 1. The smallest absolute Gasteiger partial charge is 0.124 e. The monoisotopic (exact) mass is 241 g/mol. The van der Waals surface area contributed by atoms with Crippen molar-refractivity contribution in [2.75, 3.05) is 0 Å². The van der Waals surface area contributed by atoms with Gasteiger partial charge in [0.1, 0.15) is 5.75 Å². The zero-order chi connectivity index (χ0) is 13.5. The predicted molar refractivity (Wildman–Crippen MR) is 78.0 cm³/mol. The molecule has 0 radical (unpaired) electrons. The first-order chi connectivity index (χ1) is 8.54. The van der Waals surface area contributed by atoms with E-state index in [0.29, 0.717) is 0 Å². The molecule has 0 aliphatic carbocycles. The molecule has 0 saturated heterocycles. The number of rotatable bonds is 4. The molecule has 0 fully saturated rings. The van der Waals surface area contributed by atoms with Crippen molar-refractivity contribution < 1.29 is 5.11 Å². The summed E-state index contributed by atoms with van der Waals surface area (Å²) in [7, 11) is 0. The fourth-order valence-electron chi connectivity index (χ4n) is 1.53. The van der Waals surface area contributed by atoms with Gasteiger partial charge in [-0.05, 0) is 45.1 Å². The Kier molecular flexibility index (Phi) is 5.12. The Morgan fingerprint density at radius 3 is 2.44 bits per heavy atom.